The SMILES string of the molecule is O=C(O)CC1Oc2ccc(Cl)cc2N(Cc2nc3c(Cl)ccc(Cl)c3s2)C1=O. The van der Waals surface area contributed by atoms with Crippen molar-refractivity contribution in [3.8, 4) is 5.75 Å². The van der Waals surface area contributed by atoms with Crippen molar-refractivity contribution < 1.29 is 19.4 Å². The Bertz CT molecular complexity index is 1080. The molecule has 2 heterocycles. The summed E-state index contributed by atoms with van der Waals surface area (Å²) in [7, 11) is 0. The maximum absolute atomic E-state index is 12.9. The van der Waals surface area contributed by atoms with Gasteiger partial charge in [-0.2, -0.15) is 0 Å². The number of anilines is 1. The standard InChI is InChI=1S/C18H11Cl3N2O4S/c19-8-1-4-12-11(5-8)23(18(26)13(27-12)6-15(24)25)7-14-22-16-9(20)2-3-10(21)17(16)28-14/h1-5,13H,6-7H2,(H,24,25). The maximum atomic E-state index is 12.9. The lowest BCUT2D eigenvalue weighted by atomic mass is 10.1. The number of nitrogens with zero attached hydrogens (tertiary/aromatic N) is 2. The number of aliphatic carboxylic acids is 1. The van der Waals surface area contributed by atoms with E-state index in [9.17, 15) is 9.59 Å². The third kappa shape index (κ3) is 3.51. The van der Waals surface area contributed by atoms with Crippen LogP contribution in [-0.4, -0.2) is 28.1 Å². The summed E-state index contributed by atoms with van der Waals surface area (Å²) in [6.07, 6.45) is -1.58. The van der Waals surface area contributed by atoms with Crippen LogP contribution in [-0.2, 0) is 16.1 Å². The molecule has 0 bridgehead atoms. The number of hydrogen-bond acceptors (Lipinski definition) is 5. The van der Waals surface area contributed by atoms with Crippen molar-refractivity contribution in [3.63, 3.8) is 0 Å². The highest BCUT2D eigenvalue weighted by atomic mass is 35.5. The van der Waals surface area contributed by atoms with Gasteiger partial charge in [-0.15, -0.1) is 11.3 Å². The molecule has 144 valence electrons. The topological polar surface area (TPSA) is 79.7 Å². The number of hydrogen-bond donors (Lipinski definition) is 1. The predicted molar refractivity (Wildman–Crippen MR) is 109 cm³/mol. The van der Waals surface area contributed by atoms with Crippen molar-refractivity contribution in [1.29, 1.82) is 0 Å². The maximum Gasteiger partial charge on any atom is 0.307 e. The van der Waals surface area contributed by atoms with Crippen LogP contribution in [0.3, 0.4) is 0 Å². The highest BCUT2D eigenvalue weighted by Gasteiger charge is 2.36. The number of ether oxygens (including phenoxy) is 1. The first-order chi connectivity index (χ1) is 13.3. The third-order valence-electron chi connectivity index (χ3n) is 4.17. The van der Waals surface area contributed by atoms with Gasteiger partial charge in [0.25, 0.3) is 5.91 Å². The first-order valence-electron chi connectivity index (χ1n) is 8.06. The summed E-state index contributed by atoms with van der Waals surface area (Å²) in [6, 6.07) is 8.17. The van der Waals surface area contributed by atoms with Crippen LogP contribution in [0.5, 0.6) is 5.75 Å². The van der Waals surface area contributed by atoms with Crippen LogP contribution in [0.25, 0.3) is 10.2 Å². The fourth-order valence-electron chi connectivity index (χ4n) is 2.94. The van der Waals surface area contributed by atoms with E-state index >= 15 is 0 Å². The highest BCUT2D eigenvalue weighted by molar-refractivity contribution is 7.19. The van der Waals surface area contributed by atoms with Gasteiger partial charge in [0.15, 0.2) is 6.10 Å². The number of thiazole rings is 1. The molecule has 1 unspecified atom stereocenters. The Morgan fingerprint density at radius 3 is 2.68 bits per heavy atom. The molecule has 0 spiro atoms. The van der Waals surface area contributed by atoms with Crippen molar-refractivity contribution >= 4 is 73.9 Å². The van der Waals surface area contributed by atoms with Crippen LogP contribution < -0.4 is 9.64 Å². The van der Waals surface area contributed by atoms with E-state index in [1.165, 1.54) is 16.2 Å². The summed E-state index contributed by atoms with van der Waals surface area (Å²) in [5.74, 6) is -1.23. The molecule has 0 radical (unpaired) electrons. The number of halogens is 3. The zero-order valence-corrected chi connectivity index (χ0v) is 17.1. The Kier molecular flexibility index (Phi) is 5.09. The number of aromatic nitrogens is 1. The molecule has 3 aromatic rings. The summed E-state index contributed by atoms with van der Waals surface area (Å²) in [6.45, 7) is 0.109. The Morgan fingerprint density at radius 1 is 1.21 bits per heavy atom. The minimum absolute atomic E-state index is 0.109. The molecule has 1 aliphatic heterocycles. The van der Waals surface area contributed by atoms with Crippen LogP contribution in [0.2, 0.25) is 15.1 Å². The fraction of sp³-hybridized carbons (Fsp3) is 0.167. The summed E-state index contributed by atoms with van der Waals surface area (Å²) in [5.41, 5.74) is 1.01. The lowest BCUT2D eigenvalue weighted by Crippen LogP contribution is -2.46. The molecule has 0 saturated carbocycles. The molecule has 0 aliphatic carbocycles. The van der Waals surface area contributed by atoms with Crippen molar-refractivity contribution in [2.24, 2.45) is 0 Å². The molecule has 10 heteroatoms. The van der Waals surface area contributed by atoms with E-state index in [1.807, 2.05) is 0 Å². The van der Waals surface area contributed by atoms with Gasteiger partial charge < -0.3 is 9.84 Å². The molecular weight excluding hydrogens is 447 g/mol. The summed E-state index contributed by atoms with van der Waals surface area (Å²) >= 11 is 19.8. The Balaban J connectivity index is 1.76. The number of carboxylic acids is 1. The molecule has 1 atom stereocenters. The zero-order chi connectivity index (χ0) is 20.0. The van der Waals surface area contributed by atoms with Gasteiger partial charge in [-0.25, -0.2) is 4.98 Å². The molecule has 28 heavy (non-hydrogen) atoms. The molecule has 1 aromatic heterocycles. The summed E-state index contributed by atoms with van der Waals surface area (Å²) in [5, 5.41) is 11.1. The fourth-order valence-corrected chi connectivity index (χ4v) is 4.61. The molecule has 0 fully saturated rings. The highest BCUT2D eigenvalue weighted by Crippen LogP contribution is 2.39. The second-order valence-electron chi connectivity index (χ2n) is 6.06. The monoisotopic (exact) mass is 456 g/mol. The van der Waals surface area contributed by atoms with Gasteiger partial charge in [0, 0.05) is 5.02 Å². The Labute approximate surface area is 178 Å². The summed E-state index contributed by atoms with van der Waals surface area (Å²) < 4.78 is 6.31. The average molecular weight is 458 g/mol. The lowest BCUT2D eigenvalue weighted by Gasteiger charge is -2.33. The van der Waals surface area contributed by atoms with Gasteiger partial charge in [-0.1, -0.05) is 34.8 Å². The molecular formula is C18H11Cl3N2O4S. The third-order valence-corrected chi connectivity index (χ3v) is 6.21. The quantitative estimate of drug-likeness (QED) is 0.595. The normalized spacial score (nSPS) is 16.2. The van der Waals surface area contributed by atoms with E-state index in [0.29, 0.717) is 37.0 Å². The van der Waals surface area contributed by atoms with E-state index in [4.69, 9.17) is 44.6 Å². The van der Waals surface area contributed by atoms with Gasteiger partial charge in [0.2, 0.25) is 0 Å². The predicted octanol–water partition coefficient (Wildman–Crippen LogP) is 5.03. The van der Waals surface area contributed by atoms with Crippen LogP contribution in [0.1, 0.15) is 11.4 Å². The Hall–Kier alpha value is -2.06. The molecule has 4 rings (SSSR count). The van der Waals surface area contributed by atoms with Crippen molar-refractivity contribution in [2.75, 3.05) is 4.90 Å². The number of amides is 1. The van der Waals surface area contributed by atoms with E-state index < -0.39 is 24.4 Å². The average Bonchev–Trinajstić information content (AvgIpc) is 3.07. The van der Waals surface area contributed by atoms with Gasteiger partial charge in [-0.3, -0.25) is 14.5 Å². The second kappa shape index (κ2) is 7.40. The first-order valence-corrected chi connectivity index (χ1v) is 10.0. The summed E-state index contributed by atoms with van der Waals surface area (Å²) in [4.78, 5) is 30.0. The number of fused-ring (bicyclic) bond motifs is 2. The number of carbonyl (C=O) groups is 2. The van der Waals surface area contributed by atoms with Gasteiger partial charge >= 0.3 is 5.97 Å². The van der Waals surface area contributed by atoms with Crippen LogP contribution in [0.15, 0.2) is 30.3 Å². The molecule has 1 amide bonds. The lowest BCUT2D eigenvalue weighted by molar-refractivity contribution is -0.142. The second-order valence-corrected chi connectivity index (χ2v) is 8.39. The van der Waals surface area contributed by atoms with E-state index in [2.05, 4.69) is 4.98 Å². The van der Waals surface area contributed by atoms with E-state index in [1.54, 1.807) is 30.3 Å². The van der Waals surface area contributed by atoms with E-state index in [-0.39, 0.29) is 6.54 Å². The van der Waals surface area contributed by atoms with Crippen molar-refractivity contribution in [3.05, 3.63) is 50.4 Å². The van der Waals surface area contributed by atoms with Crippen molar-refractivity contribution in [1.82, 2.24) is 4.98 Å². The van der Waals surface area contributed by atoms with E-state index in [0.717, 1.165) is 4.70 Å². The van der Waals surface area contributed by atoms with Gasteiger partial charge in [-0.05, 0) is 30.3 Å². The number of rotatable bonds is 4. The molecule has 2 aromatic carbocycles. The molecule has 6 nitrogen and oxygen atoms in total. The zero-order valence-electron chi connectivity index (χ0n) is 14.0. The van der Waals surface area contributed by atoms with Gasteiger partial charge in [0.1, 0.15) is 16.3 Å². The van der Waals surface area contributed by atoms with Gasteiger partial charge in [0.05, 0.1) is 33.4 Å². The minimum Gasteiger partial charge on any atom is -0.481 e. The van der Waals surface area contributed by atoms with Crippen LogP contribution in [0.4, 0.5) is 5.69 Å². The Morgan fingerprint density at radius 2 is 1.96 bits per heavy atom. The molecule has 0 saturated heterocycles. The minimum atomic E-state index is -1.13. The molecule has 1 aliphatic rings. The number of benzene rings is 2. The largest absolute Gasteiger partial charge is 0.481 e. The number of carbonyl (C=O) groups excluding carboxylic acids is 1. The van der Waals surface area contributed by atoms with Crippen molar-refractivity contribution in [2.45, 2.75) is 19.1 Å². The smallest absolute Gasteiger partial charge is 0.307 e. The number of carboxylic acid groups (broad SMARTS) is 1. The van der Waals surface area contributed by atoms with Crippen LogP contribution in [0, 0.1) is 0 Å². The van der Waals surface area contributed by atoms with Crippen LogP contribution >= 0.6 is 46.1 Å². The molecule has 1 N–H and O–H groups in total. The first kappa shape index (κ1) is 19.3.